The lowest BCUT2D eigenvalue weighted by Crippen LogP contribution is -2.24. The molecule has 0 bridgehead atoms. The quantitative estimate of drug-likeness (QED) is 0.912. The van der Waals surface area contributed by atoms with Crippen LogP contribution >= 0.6 is 12.4 Å². The zero-order valence-electron chi connectivity index (χ0n) is 12.1. The third-order valence-electron chi connectivity index (χ3n) is 3.65. The van der Waals surface area contributed by atoms with Gasteiger partial charge in [0.1, 0.15) is 5.82 Å². The third kappa shape index (κ3) is 4.06. The van der Waals surface area contributed by atoms with Gasteiger partial charge in [0.25, 0.3) is 0 Å². The minimum atomic E-state index is -0.290. The van der Waals surface area contributed by atoms with Gasteiger partial charge in [-0.2, -0.15) is 0 Å². The molecule has 1 amide bonds. The Morgan fingerprint density at radius 2 is 1.91 bits per heavy atom. The molecule has 0 saturated heterocycles. The van der Waals surface area contributed by atoms with Crippen molar-refractivity contribution in [2.24, 2.45) is 0 Å². The molecule has 1 heterocycles. The lowest BCUT2D eigenvalue weighted by molar-refractivity contribution is -0.115. The van der Waals surface area contributed by atoms with Crippen LogP contribution in [0.3, 0.4) is 0 Å². The summed E-state index contributed by atoms with van der Waals surface area (Å²) < 4.78 is 12.8. The van der Waals surface area contributed by atoms with Gasteiger partial charge in [0.05, 0.1) is 6.42 Å². The zero-order valence-corrected chi connectivity index (χ0v) is 12.9. The second-order valence-electron chi connectivity index (χ2n) is 5.26. The van der Waals surface area contributed by atoms with Gasteiger partial charge in [-0.3, -0.25) is 4.79 Å². The van der Waals surface area contributed by atoms with Crippen LogP contribution in [-0.2, 0) is 24.2 Å². The van der Waals surface area contributed by atoms with E-state index < -0.39 is 0 Å². The lowest BCUT2D eigenvalue weighted by Gasteiger charge is -2.18. The molecule has 0 radical (unpaired) electrons. The van der Waals surface area contributed by atoms with Gasteiger partial charge in [0, 0.05) is 12.2 Å². The standard InChI is InChI=1S/C17H17FN2O.ClH/c18-15-4-1-12(2-5-15)9-17(21)20-16-6-3-13-7-8-19-11-14(13)10-16;/h1-6,10,19H,7-9,11H2,(H,20,21);1H. The predicted octanol–water partition coefficient (Wildman–Crippen LogP) is 3.07. The van der Waals surface area contributed by atoms with Crippen LogP contribution in [-0.4, -0.2) is 12.5 Å². The van der Waals surface area contributed by atoms with E-state index in [0.717, 1.165) is 30.8 Å². The first-order chi connectivity index (χ1) is 10.2. The van der Waals surface area contributed by atoms with Crippen molar-refractivity contribution < 1.29 is 9.18 Å². The van der Waals surface area contributed by atoms with Gasteiger partial charge in [-0.1, -0.05) is 18.2 Å². The van der Waals surface area contributed by atoms with Crippen molar-refractivity contribution in [2.75, 3.05) is 11.9 Å². The number of hydrogen-bond donors (Lipinski definition) is 2. The maximum absolute atomic E-state index is 12.8. The summed E-state index contributed by atoms with van der Waals surface area (Å²) in [6.45, 7) is 1.85. The summed E-state index contributed by atoms with van der Waals surface area (Å²) in [5, 5.41) is 6.21. The molecule has 22 heavy (non-hydrogen) atoms. The van der Waals surface area contributed by atoms with E-state index in [4.69, 9.17) is 0 Å². The lowest BCUT2D eigenvalue weighted by atomic mass is 10.0. The first-order valence-electron chi connectivity index (χ1n) is 7.07. The van der Waals surface area contributed by atoms with Crippen LogP contribution in [0.4, 0.5) is 10.1 Å². The number of nitrogens with one attached hydrogen (secondary N) is 2. The molecular weight excluding hydrogens is 303 g/mol. The van der Waals surface area contributed by atoms with Crippen molar-refractivity contribution in [1.29, 1.82) is 0 Å². The third-order valence-corrected chi connectivity index (χ3v) is 3.65. The van der Waals surface area contributed by atoms with Crippen molar-refractivity contribution >= 4 is 24.0 Å². The summed E-state index contributed by atoms with van der Waals surface area (Å²) in [5.41, 5.74) is 4.18. The Kier molecular flexibility index (Phi) is 5.52. The van der Waals surface area contributed by atoms with Gasteiger partial charge in [-0.25, -0.2) is 4.39 Å². The molecular formula is C17H18ClFN2O. The molecule has 2 aromatic carbocycles. The highest BCUT2D eigenvalue weighted by molar-refractivity contribution is 5.92. The number of rotatable bonds is 3. The summed E-state index contributed by atoms with van der Waals surface area (Å²) in [4.78, 5) is 12.0. The summed E-state index contributed by atoms with van der Waals surface area (Å²) in [6.07, 6.45) is 1.27. The first-order valence-corrected chi connectivity index (χ1v) is 7.07. The van der Waals surface area contributed by atoms with Gasteiger partial charge >= 0.3 is 0 Å². The highest BCUT2D eigenvalue weighted by Crippen LogP contribution is 2.19. The smallest absolute Gasteiger partial charge is 0.228 e. The maximum atomic E-state index is 12.8. The molecule has 0 saturated carbocycles. The molecule has 1 aliphatic heterocycles. The van der Waals surface area contributed by atoms with Gasteiger partial charge in [-0.15, -0.1) is 12.4 Å². The molecule has 2 aromatic rings. The Morgan fingerprint density at radius 1 is 1.14 bits per heavy atom. The van der Waals surface area contributed by atoms with Gasteiger partial charge in [-0.05, 0) is 53.9 Å². The molecule has 0 fully saturated rings. The summed E-state index contributed by atoms with van der Waals surface area (Å²) in [5.74, 6) is -0.383. The molecule has 0 aromatic heterocycles. The van der Waals surface area contributed by atoms with Gasteiger partial charge in [0.2, 0.25) is 5.91 Å². The fraction of sp³-hybridized carbons (Fsp3) is 0.235. The Morgan fingerprint density at radius 3 is 2.68 bits per heavy atom. The van der Waals surface area contributed by atoms with Crippen LogP contribution in [0.25, 0.3) is 0 Å². The number of hydrogen-bond acceptors (Lipinski definition) is 2. The van der Waals surface area contributed by atoms with Crippen LogP contribution in [0, 0.1) is 5.82 Å². The van der Waals surface area contributed by atoms with E-state index in [2.05, 4.69) is 16.7 Å². The molecule has 0 atom stereocenters. The van der Waals surface area contributed by atoms with Crippen LogP contribution < -0.4 is 10.6 Å². The number of fused-ring (bicyclic) bond motifs is 1. The number of benzene rings is 2. The van der Waals surface area contributed by atoms with Crippen molar-refractivity contribution in [2.45, 2.75) is 19.4 Å². The number of amides is 1. The molecule has 5 heteroatoms. The molecule has 0 unspecified atom stereocenters. The van der Waals surface area contributed by atoms with Gasteiger partial charge in [0.15, 0.2) is 0 Å². The highest BCUT2D eigenvalue weighted by Gasteiger charge is 2.10. The van der Waals surface area contributed by atoms with Crippen molar-refractivity contribution in [3.8, 4) is 0 Å². The fourth-order valence-electron chi connectivity index (χ4n) is 2.55. The Bertz CT molecular complexity index is 658. The maximum Gasteiger partial charge on any atom is 0.228 e. The summed E-state index contributed by atoms with van der Waals surface area (Å²) in [6, 6.07) is 12.0. The predicted molar refractivity (Wildman–Crippen MR) is 87.8 cm³/mol. The molecule has 3 rings (SSSR count). The van der Waals surface area contributed by atoms with E-state index in [1.807, 2.05) is 12.1 Å². The van der Waals surface area contributed by atoms with E-state index in [0.29, 0.717) is 0 Å². The van der Waals surface area contributed by atoms with Gasteiger partial charge < -0.3 is 10.6 Å². The molecule has 0 aliphatic carbocycles. The number of carbonyl (C=O) groups excluding carboxylic acids is 1. The second kappa shape index (κ2) is 7.38. The largest absolute Gasteiger partial charge is 0.326 e. The Labute approximate surface area is 135 Å². The molecule has 116 valence electrons. The number of carbonyl (C=O) groups is 1. The summed E-state index contributed by atoms with van der Waals surface area (Å²) in [7, 11) is 0. The van der Waals surface area contributed by atoms with E-state index in [9.17, 15) is 9.18 Å². The Hall–Kier alpha value is -1.91. The van der Waals surface area contributed by atoms with Crippen molar-refractivity contribution in [3.05, 3.63) is 65.0 Å². The van der Waals surface area contributed by atoms with Crippen LogP contribution in [0.2, 0.25) is 0 Å². The molecule has 0 spiro atoms. The van der Waals surface area contributed by atoms with Crippen LogP contribution in [0.5, 0.6) is 0 Å². The minimum absolute atomic E-state index is 0. The average molecular weight is 321 g/mol. The zero-order chi connectivity index (χ0) is 14.7. The van der Waals surface area contributed by atoms with Crippen LogP contribution in [0.1, 0.15) is 16.7 Å². The first kappa shape index (κ1) is 16.5. The molecule has 1 aliphatic rings. The topological polar surface area (TPSA) is 41.1 Å². The highest BCUT2D eigenvalue weighted by atomic mass is 35.5. The SMILES string of the molecule is Cl.O=C(Cc1ccc(F)cc1)Nc1ccc2c(c1)CNCC2. The Balaban J connectivity index is 0.00000176. The number of anilines is 1. The summed E-state index contributed by atoms with van der Waals surface area (Å²) >= 11 is 0. The monoisotopic (exact) mass is 320 g/mol. The average Bonchev–Trinajstić information content (AvgIpc) is 2.49. The number of halogens is 2. The van der Waals surface area contributed by atoms with Crippen LogP contribution in [0.15, 0.2) is 42.5 Å². The fourth-order valence-corrected chi connectivity index (χ4v) is 2.55. The normalized spacial score (nSPS) is 13.0. The molecule has 2 N–H and O–H groups in total. The molecule has 3 nitrogen and oxygen atoms in total. The van der Waals surface area contributed by atoms with Crippen molar-refractivity contribution in [1.82, 2.24) is 5.32 Å². The minimum Gasteiger partial charge on any atom is -0.326 e. The van der Waals surface area contributed by atoms with E-state index in [-0.39, 0.29) is 30.6 Å². The van der Waals surface area contributed by atoms with E-state index in [1.54, 1.807) is 12.1 Å². The van der Waals surface area contributed by atoms with E-state index in [1.165, 1.54) is 23.3 Å². The van der Waals surface area contributed by atoms with Crippen molar-refractivity contribution in [3.63, 3.8) is 0 Å². The van der Waals surface area contributed by atoms with E-state index >= 15 is 0 Å². The second-order valence-corrected chi connectivity index (χ2v) is 5.26.